The number of piperazine rings is 1. The van der Waals surface area contributed by atoms with E-state index in [0.717, 1.165) is 32.4 Å². The summed E-state index contributed by atoms with van der Waals surface area (Å²) in [6.45, 7) is 3.30. The summed E-state index contributed by atoms with van der Waals surface area (Å²) in [5, 5.41) is 3.18. The summed E-state index contributed by atoms with van der Waals surface area (Å²) in [6.07, 6.45) is -3.58. The van der Waals surface area contributed by atoms with E-state index in [0.29, 0.717) is 5.82 Å². The average molecular weight is 320 g/mol. The molecule has 1 fully saturated rings. The molecule has 1 saturated heterocycles. The molecule has 4 nitrogen and oxygen atoms in total. The second kappa shape index (κ2) is 7.62. The minimum Gasteiger partial charge on any atom is -0.404 e. The molecule has 0 spiro atoms. The third kappa shape index (κ3) is 5.71. The smallest absolute Gasteiger partial charge is 0.404 e. The molecule has 0 radical (unpaired) electrons. The summed E-state index contributed by atoms with van der Waals surface area (Å²) in [5.74, 6) is 0.373. The molecule has 1 aromatic rings. The lowest BCUT2D eigenvalue weighted by Crippen LogP contribution is -2.43. The third-order valence-electron chi connectivity index (χ3n) is 2.40. The van der Waals surface area contributed by atoms with Gasteiger partial charge in [0.05, 0.1) is 6.20 Å². The van der Waals surface area contributed by atoms with Gasteiger partial charge in [-0.15, -0.1) is 38.0 Å². The monoisotopic (exact) mass is 319 g/mol. The van der Waals surface area contributed by atoms with Crippen molar-refractivity contribution in [3.05, 3.63) is 18.3 Å². The lowest BCUT2D eigenvalue weighted by molar-refractivity contribution is -0.274. The van der Waals surface area contributed by atoms with Crippen LogP contribution in [0.1, 0.15) is 0 Å². The molecule has 1 aromatic heterocycles. The maximum atomic E-state index is 11.9. The van der Waals surface area contributed by atoms with Crippen LogP contribution in [0.25, 0.3) is 0 Å². The summed E-state index contributed by atoms with van der Waals surface area (Å²) >= 11 is 0. The molecule has 0 atom stereocenters. The first kappa shape index (κ1) is 18.1. The Morgan fingerprint density at radius 2 is 1.79 bits per heavy atom. The average Bonchev–Trinajstić information content (AvgIpc) is 2.29. The fourth-order valence-electron chi connectivity index (χ4n) is 1.65. The Kier molecular flexibility index (Phi) is 7.25. The Hall–Kier alpha value is -0.920. The Morgan fingerprint density at radius 1 is 1.16 bits per heavy atom. The third-order valence-corrected chi connectivity index (χ3v) is 2.40. The molecule has 1 aliphatic heterocycles. The van der Waals surface area contributed by atoms with E-state index in [9.17, 15) is 13.2 Å². The van der Waals surface area contributed by atoms with Crippen LogP contribution in [-0.4, -0.2) is 37.5 Å². The normalized spacial score (nSPS) is 15.2. The second-order valence-corrected chi connectivity index (χ2v) is 3.64. The lowest BCUT2D eigenvalue weighted by Gasteiger charge is -2.28. The minimum absolute atomic E-state index is 0. The van der Waals surface area contributed by atoms with Gasteiger partial charge in [0.25, 0.3) is 0 Å². The van der Waals surface area contributed by atoms with E-state index in [4.69, 9.17) is 0 Å². The van der Waals surface area contributed by atoms with Gasteiger partial charge in [-0.2, -0.15) is 0 Å². The SMILES string of the molecule is Cl.Cl.FC(F)(F)Oc1ccc(N2CCNCC2)nc1. The summed E-state index contributed by atoms with van der Waals surface area (Å²) in [5.41, 5.74) is 0. The predicted molar refractivity (Wildman–Crippen MR) is 70.5 cm³/mol. The Bertz CT molecular complexity index is 369. The van der Waals surface area contributed by atoms with Gasteiger partial charge in [-0.1, -0.05) is 0 Å². The van der Waals surface area contributed by atoms with Gasteiger partial charge in [-0.3, -0.25) is 0 Å². The van der Waals surface area contributed by atoms with Crippen LogP contribution >= 0.6 is 24.8 Å². The van der Waals surface area contributed by atoms with Crippen molar-refractivity contribution in [2.75, 3.05) is 31.1 Å². The predicted octanol–water partition coefficient (Wildman–Crippen LogP) is 2.23. The molecule has 0 amide bonds. The van der Waals surface area contributed by atoms with E-state index in [1.807, 2.05) is 4.90 Å². The Balaban J connectivity index is 0.00000162. The van der Waals surface area contributed by atoms with Crippen molar-refractivity contribution in [1.29, 1.82) is 0 Å². The number of ether oxygens (including phenoxy) is 1. The molecule has 0 saturated carbocycles. The molecule has 110 valence electrons. The highest BCUT2D eigenvalue weighted by Gasteiger charge is 2.31. The van der Waals surface area contributed by atoms with Crippen LogP contribution in [0.2, 0.25) is 0 Å². The lowest BCUT2D eigenvalue weighted by atomic mass is 10.3. The molecule has 2 rings (SSSR count). The largest absolute Gasteiger partial charge is 0.573 e. The first-order valence-corrected chi connectivity index (χ1v) is 5.22. The van der Waals surface area contributed by atoms with Gasteiger partial charge >= 0.3 is 6.36 Å². The number of hydrogen-bond acceptors (Lipinski definition) is 4. The number of nitrogens with zero attached hydrogens (tertiary/aromatic N) is 2. The highest BCUT2D eigenvalue weighted by atomic mass is 35.5. The van der Waals surface area contributed by atoms with Gasteiger partial charge in [-0.25, -0.2) is 4.98 Å². The molecule has 2 heterocycles. The number of alkyl halides is 3. The standard InChI is InChI=1S/C10H12F3N3O.2ClH/c11-10(12,13)17-8-1-2-9(15-7-8)16-5-3-14-4-6-16;;/h1-2,7,14H,3-6H2;2*1H. The topological polar surface area (TPSA) is 37.4 Å². The summed E-state index contributed by atoms with van der Waals surface area (Å²) < 4.78 is 39.5. The molecule has 0 aromatic carbocycles. The van der Waals surface area contributed by atoms with Gasteiger partial charge in [0, 0.05) is 26.2 Å². The van der Waals surface area contributed by atoms with Crippen LogP contribution in [-0.2, 0) is 0 Å². The van der Waals surface area contributed by atoms with Crippen LogP contribution in [0.5, 0.6) is 5.75 Å². The zero-order chi connectivity index (χ0) is 12.3. The number of hydrogen-bond donors (Lipinski definition) is 1. The van der Waals surface area contributed by atoms with Crippen LogP contribution in [0.3, 0.4) is 0 Å². The van der Waals surface area contributed by atoms with Crippen molar-refractivity contribution >= 4 is 30.6 Å². The van der Waals surface area contributed by atoms with Gasteiger partial charge < -0.3 is 15.0 Å². The zero-order valence-corrected chi connectivity index (χ0v) is 11.4. The summed E-state index contributed by atoms with van der Waals surface area (Å²) in [7, 11) is 0. The number of aromatic nitrogens is 1. The van der Waals surface area contributed by atoms with E-state index >= 15 is 0 Å². The molecule has 0 unspecified atom stereocenters. The number of pyridine rings is 1. The van der Waals surface area contributed by atoms with E-state index in [-0.39, 0.29) is 30.6 Å². The highest BCUT2D eigenvalue weighted by molar-refractivity contribution is 5.85. The number of nitrogens with one attached hydrogen (secondary N) is 1. The first-order valence-electron chi connectivity index (χ1n) is 5.22. The molecular formula is C10H14Cl2F3N3O. The minimum atomic E-state index is -4.67. The quantitative estimate of drug-likeness (QED) is 0.907. The van der Waals surface area contributed by atoms with Crippen molar-refractivity contribution in [3.8, 4) is 5.75 Å². The molecule has 1 N–H and O–H groups in total. The first-order chi connectivity index (χ1) is 8.04. The number of halogens is 5. The van der Waals surface area contributed by atoms with Gasteiger partial charge in [-0.05, 0) is 12.1 Å². The molecule has 0 aliphatic carbocycles. The van der Waals surface area contributed by atoms with Crippen LogP contribution < -0.4 is 15.0 Å². The Labute approximate surface area is 121 Å². The zero-order valence-electron chi connectivity index (χ0n) is 9.81. The Morgan fingerprint density at radius 3 is 2.26 bits per heavy atom. The van der Waals surface area contributed by atoms with Crippen molar-refractivity contribution in [3.63, 3.8) is 0 Å². The highest BCUT2D eigenvalue weighted by Crippen LogP contribution is 2.23. The maximum Gasteiger partial charge on any atom is 0.573 e. The second-order valence-electron chi connectivity index (χ2n) is 3.64. The number of anilines is 1. The molecule has 9 heteroatoms. The van der Waals surface area contributed by atoms with Crippen molar-refractivity contribution in [2.24, 2.45) is 0 Å². The number of rotatable bonds is 2. The summed E-state index contributed by atoms with van der Waals surface area (Å²) in [6, 6.07) is 2.81. The van der Waals surface area contributed by atoms with E-state index in [2.05, 4.69) is 15.0 Å². The fraction of sp³-hybridized carbons (Fsp3) is 0.500. The van der Waals surface area contributed by atoms with Crippen molar-refractivity contribution in [1.82, 2.24) is 10.3 Å². The maximum absolute atomic E-state index is 11.9. The molecule has 19 heavy (non-hydrogen) atoms. The van der Waals surface area contributed by atoms with Crippen LogP contribution in [0.15, 0.2) is 18.3 Å². The molecular weight excluding hydrogens is 306 g/mol. The van der Waals surface area contributed by atoms with E-state index < -0.39 is 6.36 Å². The van der Waals surface area contributed by atoms with Crippen LogP contribution in [0.4, 0.5) is 19.0 Å². The summed E-state index contributed by atoms with van der Waals surface area (Å²) in [4.78, 5) is 5.97. The van der Waals surface area contributed by atoms with Gasteiger partial charge in [0.2, 0.25) is 0 Å². The van der Waals surface area contributed by atoms with E-state index in [1.54, 1.807) is 0 Å². The van der Waals surface area contributed by atoms with Gasteiger partial charge in [0.15, 0.2) is 0 Å². The fourth-order valence-corrected chi connectivity index (χ4v) is 1.65. The molecule has 0 bridgehead atoms. The van der Waals surface area contributed by atoms with Crippen molar-refractivity contribution < 1.29 is 17.9 Å². The van der Waals surface area contributed by atoms with Gasteiger partial charge in [0.1, 0.15) is 11.6 Å². The van der Waals surface area contributed by atoms with E-state index in [1.165, 1.54) is 12.1 Å². The van der Waals surface area contributed by atoms with Crippen LogP contribution in [0, 0.1) is 0 Å². The molecule has 1 aliphatic rings. The van der Waals surface area contributed by atoms with Crippen molar-refractivity contribution in [2.45, 2.75) is 6.36 Å².